The molecule has 3 N–H and O–H groups in total. The molecule has 0 bridgehead atoms. The summed E-state index contributed by atoms with van der Waals surface area (Å²) in [6, 6.07) is 1.08. The van der Waals surface area contributed by atoms with E-state index in [-0.39, 0.29) is 47.1 Å². The number of amidine groups is 1. The topological polar surface area (TPSA) is 142 Å². The highest BCUT2D eigenvalue weighted by molar-refractivity contribution is 7.89. The molecule has 1 fully saturated rings. The number of carbonyl (C=O) groups is 1. The number of benzene rings is 1. The van der Waals surface area contributed by atoms with Crippen molar-refractivity contribution >= 4 is 44.8 Å². The van der Waals surface area contributed by atoms with Crippen LogP contribution in [0.3, 0.4) is 0 Å². The van der Waals surface area contributed by atoms with Gasteiger partial charge in [-0.15, -0.1) is 11.3 Å². The number of nitrogens with one attached hydrogen (secondary N) is 1. The summed E-state index contributed by atoms with van der Waals surface area (Å²) in [5.74, 6) is -3.31. The van der Waals surface area contributed by atoms with Crippen LogP contribution in [0.15, 0.2) is 52.3 Å². The minimum atomic E-state index is -3.64. The van der Waals surface area contributed by atoms with Crippen molar-refractivity contribution in [2.45, 2.75) is 18.9 Å². The van der Waals surface area contributed by atoms with Crippen molar-refractivity contribution in [3.8, 4) is 0 Å². The first kappa shape index (κ1) is 30.6. The fraction of sp³-hybridized carbons (Fsp3) is 0.375. The molecule has 1 aromatic carbocycles. The number of piperidine rings is 1. The van der Waals surface area contributed by atoms with Crippen LogP contribution in [0.4, 0.5) is 8.78 Å². The van der Waals surface area contributed by atoms with Gasteiger partial charge in [0.25, 0.3) is 0 Å². The molecule has 0 saturated carbocycles. The van der Waals surface area contributed by atoms with Crippen LogP contribution >= 0.6 is 22.9 Å². The summed E-state index contributed by atoms with van der Waals surface area (Å²) in [4.78, 5) is 22.0. The van der Waals surface area contributed by atoms with Crippen LogP contribution in [-0.4, -0.2) is 68.1 Å². The van der Waals surface area contributed by atoms with Crippen LogP contribution < -0.4 is 5.32 Å². The molecule has 2 aromatic rings. The number of hydrogen-bond donors (Lipinski definition) is 1. The van der Waals surface area contributed by atoms with Crippen molar-refractivity contribution in [1.82, 2.24) is 14.6 Å². The van der Waals surface area contributed by atoms with Crippen LogP contribution in [0.1, 0.15) is 29.5 Å². The fourth-order valence-electron chi connectivity index (χ4n) is 4.42. The maximum Gasteiger partial charge on any atom is 0.338 e. The summed E-state index contributed by atoms with van der Waals surface area (Å²) in [5.41, 5.74) is 0.605. The quantitative estimate of drug-likeness (QED) is 0.277. The van der Waals surface area contributed by atoms with E-state index < -0.39 is 38.7 Å². The van der Waals surface area contributed by atoms with E-state index >= 15 is 0 Å². The third-order valence-electron chi connectivity index (χ3n) is 6.36. The number of rotatable bonds is 8. The van der Waals surface area contributed by atoms with Gasteiger partial charge in [-0.25, -0.2) is 31.3 Å². The molecule has 0 spiro atoms. The number of sulfonamides is 1. The second-order valence-electron chi connectivity index (χ2n) is 8.60. The largest absolute Gasteiger partial charge is 0.501 e. The Labute approximate surface area is 233 Å². The molecule has 212 valence electrons. The molecular weight excluding hydrogens is 578 g/mol. The highest BCUT2D eigenvalue weighted by Gasteiger charge is 2.39. The molecular formula is C24H27ClF2N4O6S2. The van der Waals surface area contributed by atoms with Gasteiger partial charge in [-0.2, -0.15) is 0 Å². The highest BCUT2D eigenvalue weighted by Crippen LogP contribution is 2.41. The Morgan fingerprint density at radius 1 is 1.26 bits per heavy atom. The maximum absolute atomic E-state index is 14.5. The Hall–Kier alpha value is -2.91. The molecule has 2 aliphatic rings. The van der Waals surface area contributed by atoms with Gasteiger partial charge in [0.05, 0.1) is 24.8 Å². The highest BCUT2D eigenvalue weighted by atomic mass is 35.5. The first-order chi connectivity index (χ1) is 18.1. The number of ether oxygens (including phenoxy) is 2. The van der Waals surface area contributed by atoms with E-state index in [9.17, 15) is 22.0 Å². The lowest BCUT2D eigenvalue weighted by Gasteiger charge is -2.36. The van der Waals surface area contributed by atoms with Gasteiger partial charge in [-0.1, -0.05) is 24.2 Å². The SMILES string of the molecule is C=C(CS(=O)(=O)N1CCC(C2=C(C(=O)OC)C(c3ccc(F)c(F)c3Cl)N=C(c3nccs3)N2)CC1)OC.O. The Bertz CT molecular complexity index is 1410. The van der Waals surface area contributed by atoms with E-state index in [1.54, 1.807) is 11.6 Å². The third-order valence-corrected chi connectivity index (χ3v) is 9.37. The number of aromatic nitrogens is 1. The minimum Gasteiger partial charge on any atom is -0.501 e. The molecule has 1 aromatic heterocycles. The van der Waals surface area contributed by atoms with E-state index in [1.165, 1.54) is 35.9 Å². The molecule has 1 atom stereocenters. The monoisotopic (exact) mass is 604 g/mol. The Morgan fingerprint density at radius 2 is 1.95 bits per heavy atom. The summed E-state index contributed by atoms with van der Waals surface area (Å²) in [6.45, 7) is 3.96. The molecule has 2 aliphatic heterocycles. The molecule has 4 rings (SSSR count). The second kappa shape index (κ2) is 12.5. The number of carbonyl (C=O) groups excluding carboxylic acids is 1. The van der Waals surface area contributed by atoms with Crippen molar-refractivity contribution in [3.63, 3.8) is 0 Å². The first-order valence-corrected chi connectivity index (χ1v) is 14.3. The number of thiazole rings is 1. The fourth-order valence-corrected chi connectivity index (χ4v) is 6.74. The van der Waals surface area contributed by atoms with Crippen LogP contribution in [0, 0.1) is 17.6 Å². The van der Waals surface area contributed by atoms with Gasteiger partial charge in [-0.05, 0) is 18.9 Å². The van der Waals surface area contributed by atoms with Crippen LogP contribution in [0.5, 0.6) is 0 Å². The van der Waals surface area contributed by atoms with Crippen LogP contribution in [0.25, 0.3) is 0 Å². The summed E-state index contributed by atoms with van der Waals surface area (Å²) < 4.78 is 65.2. The van der Waals surface area contributed by atoms with Gasteiger partial charge in [0.2, 0.25) is 10.0 Å². The van der Waals surface area contributed by atoms with Crippen molar-refractivity contribution in [3.05, 3.63) is 74.5 Å². The molecule has 39 heavy (non-hydrogen) atoms. The Kier molecular flexibility index (Phi) is 9.83. The first-order valence-electron chi connectivity index (χ1n) is 11.5. The molecule has 10 nitrogen and oxygen atoms in total. The average Bonchev–Trinajstić information content (AvgIpc) is 3.46. The predicted molar refractivity (Wildman–Crippen MR) is 143 cm³/mol. The Balaban J connectivity index is 0.00000420. The number of aliphatic imine (C=N–C) groups is 1. The summed E-state index contributed by atoms with van der Waals surface area (Å²) in [6.07, 6.45) is 2.32. The van der Waals surface area contributed by atoms with E-state index in [0.29, 0.717) is 29.4 Å². The standard InChI is InChI=1S/C24H25ClF2N4O5S2.H2O/c1-13(35-2)12-38(33,34)31-9-6-14(7-10-31)20-17(24(32)36-3)21(15-4-5-16(26)19(27)18(15)25)30-22(29-20)23-28-8-11-37-23;/h4-5,8,11,14,21H,1,6-7,9-10,12H2,2-3H3,(H,29,30);1H2. The van der Waals surface area contributed by atoms with E-state index in [0.717, 1.165) is 6.07 Å². The summed E-state index contributed by atoms with van der Waals surface area (Å²) in [5, 5.41) is 4.95. The molecule has 1 saturated heterocycles. The summed E-state index contributed by atoms with van der Waals surface area (Å²) >= 11 is 7.48. The van der Waals surface area contributed by atoms with Crippen molar-refractivity contribution < 1.29 is 36.9 Å². The van der Waals surface area contributed by atoms with Gasteiger partial charge in [0.15, 0.2) is 22.5 Å². The second-order valence-corrected chi connectivity index (χ2v) is 11.8. The average molecular weight is 605 g/mol. The molecule has 0 radical (unpaired) electrons. The third kappa shape index (κ3) is 6.30. The zero-order valence-corrected chi connectivity index (χ0v) is 23.4. The lowest BCUT2D eigenvalue weighted by molar-refractivity contribution is -0.136. The molecule has 0 amide bonds. The van der Waals surface area contributed by atoms with Crippen LogP contribution in [0.2, 0.25) is 5.02 Å². The molecule has 3 heterocycles. The number of esters is 1. The zero-order chi connectivity index (χ0) is 27.6. The van der Waals surface area contributed by atoms with E-state index in [2.05, 4.69) is 21.9 Å². The number of allylic oxidation sites excluding steroid dienone is 1. The van der Waals surface area contributed by atoms with Gasteiger partial charge in [-0.3, -0.25) is 4.99 Å². The number of nitrogens with zero attached hydrogens (tertiary/aromatic N) is 3. The number of methoxy groups -OCH3 is 2. The molecule has 1 unspecified atom stereocenters. The number of halogens is 3. The summed E-state index contributed by atoms with van der Waals surface area (Å²) in [7, 11) is -1.08. The van der Waals surface area contributed by atoms with Crippen molar-refractivity contribution in [1.29, 1.82) is 0 Å². The van der Waals surface area contributed by atoms with Crippen molar-refractivity contribution in [2.24, 2.45) is 10.9 Å². The van der Waals surface area contributed by atoms with Gasteiger partial charge in [0.1, 0.15) is 17.6 Å². The Morgan fingerprint density at radius 3 is 2.54 bits per heavy atom. The molecule has 15 heteroatoms. The lowest BCUT2D eigenvalue weighted by atomic mass is 9.86. The zero-order valence-electron chi connectivity index (χ0n) is 21.0. The number of hydrogen-bond acceptors (Lipinski definition) is 9. The predicted octanol–water partition coefficient (Wildman–Crippen LogP) is 2.97. The molecule has 0 aliphatic carbocycles. The van der Waals surface area contributed by atoms with Gasteiger partial charge in [0, 0.05) is 41.8 Å². The van der Waals surface area contributed by atoms with E-state index in [1.807, 2.05) is 0 Å². The minimum absolute atomic E-state index is 0. The van der Waals surface area contributed by atoms with E-state index in [4.69, 9.17) is 21.1 Å². The lowest BCUT2D eigenvalue weighted by Crippen LogP contribution is -2.44. The van der Waals surface area contributed by atoms with Gasteiger partial charge < -0.3 is 20.3 Å². The maximum atomic E-state index is 14.5. The van der Waals surface area contributed by atoms with Crippen molar-refractivity contribution in [2.75, 3.05) is 33.1 Å². The normalized spacial score (nSPS) is 18.6. The van der Waals surface area contributed by atoms with Gasteiger partial charge >= 0.3 is 5.97 Å². The smallest absolute Gasteiger partial charge is 0.338 e. The van der Waals surface area contributed by atoms with Crippen LogP contribution in [-0.2, 0) is 24.3 Å².